The molecular formula is C56H56N4S. The van der Waals surface area contributed by atoms with E-state index in [1.807, 2.05) is 11.3 Å². The van der Waals surface area contributed by atoms with Crippen molar-refractivity contribution < 1.29 is 0 Å². The topological polar surface area (TPSA) is 35.6 Å². The van der Waals surface area contributed by atoms with E-state index in [2.05, 4.69) is 171 Å². The van der Waals surface area contributed by atoms with Crippen molar-refractivity contribution in [1.82, 2.24) is 19.1 Å². The largest absolute Gasteiger partial charge is 0.309 e. The van der Waals surface area contributed by atoms with E-state index in [4.69, 9.17) is 9.97 Å². The quantitative estimate of drug-likeness (QED) is 0.103. The highest BCUT2D eigenvalue weighted by Gasteiger charge is 2.22. The Bertz CT molecular complexity index is 3070. The SMILES string of the molecule is CCCCCCCCCCCCc1cc(-n2c3ccccc3c3ccccc32)cc2c1sc1c(-c3cnc(C(C)(C)C)nc3)cc(-n3c4ccccc4c4ccccc43)cc12. The second-order valence-corrected chi connectivity index (χ2v) is 19.2. The molecule has 0 saturated carbocycles. The van der Waals surface area contributed by atoms with E-state index in [-0.39, 0.29) is 5.41 Å². The minimum Gasteiger partial charge on any atom is -0.309 e. The van der Waals surface area contributed by atoms with Gasteiger partial charge in [0.1, 0.15) is 5.82 Å². The predicted molar refractivity (Wildman–Crippen MR) is 263 cm³/mol. The number of hydrogen-bond acceptors (Lipinski definition) is 3. The van der Waals surface area contributed by atoms with Crippen LogP contribution in [-0.4, -0.2) is 19.1 Å². The Balaban J connectivity index is 1.18. The monoisotopic (exact) mass is 816 g/mol. The summed E-state index contributed by atoms with van der Waals surface area (Å²) in [6.07, 6.45) is 18.5. The summed E-state index contributed by atoms with van der Waals surface area (Å²) in [5, 5.41) is 7.71. The Morgan fingerprint density at radius 3 is 1.38 bits per heavy atom. The first-order valence-corrected chi connectivity index (χ1v) is 23.5. The van der Waals surface area contributed by atoms with Crippen molar-refractivity contribution in [3.63, 3.8) is 0 Å². The molecule has 4 aromatic heterocycles. The zero-order valence-electron chi connectivity index (χ0n) is 36.2. The average Bonchev–Trinajstić information content (AvgIpc) is 3.94. The number of rotatable bonds is 14. The molecule has 10 rings (SSSR count). The summed E-state index contributed by atoms with van der Waals surface area (Å²) in [6.45, 7) is 8.84. The van der Waals surface area contributed by atoms with Crippen LogP contribution in [0.5, 0.6) is 0 Å². The van der Waals surface area contributed by atoms with Gasteiger partial charge in [-0.3, -0.25) is 0 Å². The Morgan fingerprint density at radius 2 is 0.902 bits per heavy atom. The Morgan fingerprint density at radius 1 is 0.475 bits per heavy atom. The van der Waals surface area contributed by atoms with Gasteiger partial charge in [0.25, 0.3) is 0 Å². The third-order valence-electron chi connectivity index (χ3n) is 12.8. The number of aromatic nitrogens is 4. The number of unbranched alkanes of at least 4 members (excludes halogenated alkanes) is 9. The number of para-hydroxylation sites is 4. The van der Waals surface area contributed by atoms with Gasteiger partial charge in [0.2, 0.25) is 0 Å². The molecule has 61 heavy (non-hydrogen) atoms. The lowest BCUT2D eigenvalue weighted by molar-refractivity contribution is 0.545. The second kappa shape index (κ2) is 16.6. The van der Waals surface area contributed by atoms with Crippen LogP contribution in [-0.2, 0) is 11.8 Å². The molecule has 10 aromatic rings. The van der Waals surface area contributed by atoms with Crippen LogP contribution < -0.4 is 0 Å². The minimum absolute atomic E-state index is 0.136. The molecule has 0 aliphatic heterocycles. The molecule has 0 amide bonds. The smallest absolute Gasteiger partial charge is 0.133 e. The maximum absolute atomic E-state index is 4.98. The van der Waals surface area contributed by atoms with Crippen molar-refractivity contribution in [1.29, 1.82) is 0 Å². The van der Waals surface area contributed by atoms with Gasteiger partial charge in [0, 0.05) is 82.0 Å². The Hall–Kier alpha value is -5.78. The Labute approximate surface area is 363 Å². The van der Waals surface area contributed by atoms with Crippen molar-refractivity contribution in [2.75, 3.05) is 0 Å². The zero-order chi connectivity index (χ0) is 41.5. The van der Waals surface area contributed by atoms with E-state index >= 15 is 0 Å². The fourth-order valence-corrected chi connectivity index (χ4v) is 11.1. The van der Waals surface area contributed by atoms with Crippen LogP contribution in [0, 0.1) is 0 Å². The summed E-state index contributed by atoms with van der Waals surface area (Å²) in [4.78, 5) is 9.95. The number of fused-ring (bicyclic) bond motifs is 9. The van der Waals surface area contributed by atoms with Crippen LogP contribution in [0.2, 0.25) is 0 Å². The molecule has 6 aromatic carbocycles. The van der Waals surface area contributed by atoms with E-state index in [0.717, 1.165) is 23.5 Å². The standard InChI is InChI=1S/C56H56N4S/c1-5-6-7-8-9-10-11-12-13-14-23-38-32-40(59-49-28-19-15-24-42(49)43-25-16-20-29-50(43)59)34-47-48-35-41(60-51-30-21-17-26-44(51)45-27-18-22-31-52(45)60)33-46(54(48)61-53(38)47)39-36-57-55(58-37-39)56(2,3)4/h15-22,24-37H,5-14,23H2,1-4H3. The molecule has 5 heteroatoms. The molecule has 0 spiro atoms. The molecule has 0 N–H and O–H groups in total. The Kier molecular flexibility index (Phi) is 10.7. The van der Waals surface area contributed by atoms with Gasteiger partial charge >= 0.3 is 0 Å². The number of nitrogens with zero attached hydrogens (tertiary/aromatic N) is 4. The lowest BCUT2D eigenvalue weighted by Gasteiger charge is -2.17. The number of aryl methyl sites for hydroxylation is 1. The van der Waals surface area contributed by atoms with Gasteiger partial charge in [-0.05, 0) is 66.9 Å². The summed E-state index contributed by atoms with van der Waals surface area (Å²) in [6, 6.07) is 45.3. The van der Waals surface area contributed by atoms with Gasteiger partial charge in [-0.15, -0.1) is 11.3 Å². The normalized spacial score (nSPS) is 12.3. The minimum atomic E-state index is -0.136. The fraction of sp³-hybridized carbons (Fsp3) is 0.286. The van der Waals surface area contributed by atoms with Gasteiger partial charge < -0.3 is 9.13 Å². The van der Waals surface area contributed by atoms with Gasteiger partial charge in [-0.1, -0.05) is 158 Å². The molecule has 4 heterocycles. The van der Waals surface area contributed by atoms with E-state index in [0.29, 0.717) is 0 Å². The molecule has 4 nitrogen and oxygen atoms in total. The van der Waals surface area contributed by atoms with E-state index in [1.165, 1.54) is 145 Å². The summed E-state index contributed by atoms with van der Waals surface area (Å²) >= 11 is 1.95. The first-order chi connectivity index (χ1) is 29.9. The van der Waals surface area contributed by atoms with Gasteiger partial charge in [-0.25, -0.2) is 9.97 Å². The first kappa shape index (κ1) is 39.4. The summed E-state index contributed by atoms with van der Waals surface area (Å²) in [7, 11) is 0. The molecule has 0 aliphatic rings. The van der Waals surface area contributed by atoms with Crippen LogP contribution in [0.4, 0.5) is 0 Å². The molecule has 0 aliphatic carbocycles. The summed E-state index contributed by atoms with van der Waals surface area (Å²) in [5.41, 5.74) is 10.8. The highest BCUT2D eigenvalue weighted by molar-refractivity contribution is 7.26. The van der Waals surface area contributed by atoms with Crippen LogP contribution in [0.1, 0.15) is 103 Å². The maximum Gasteiger partial charge on any atom is 0.133 e. The van der Waals surface area contributed by atoms with Crippen LogP contribution in [0.15, 0.2) is 134 Å². The van der Waals surface area contributed by atoms with E-state index in [9.17, 15) is 0 Å². The maximum atomic E-state index is 4.98. The highest BCUT2D eigenvalue weighted by Crippen LogP contribution is 2.46. The van der Waals surface area contributed by atoms with Crippen LogP contribution >= 0.6 is 11.3 Å². The molecule has 0 atom stereocenters. The van der Waals surface area contributed by atoms with Crippen molar-refractivity contribution >= 4 is 75.1 Å². The fourth-order valence-electron chi connectivity index (χ4n) is 9.74. The molecule has 0 saturated heterocycles. The number of benzene rings is 6. The first-order valence-electron chi connectivity index (χ1n) is 22.7. The number of hydrogen-bond donors (Lipinski definition) is 0. The van der Waals surface area contributed by atoms with Crippen molar-refractivity contribution in [3.05, 3.63) is 145 Å². The second-order valence-electron chi connectivity index (χ2n) is 18.2. The summed E-state index contributed by atoms with van der Waals surface area (Å²) in [5.74, 6) is 0.858. The van der Waals surface area contributed by atoms with Crippen LogP contribution in [0.3, 0.4) is 0 Å². The van der Waals surface area contributed by atoms with E-state index in [1.54, 1.807) is 0 Å². The molecule has 0 radical (unpaired) electrons. The molecule has 0 unspecified atom stereocenters. The average molecular weight is 817 g/mol. The molecular weight excluding hydrogens is 761 g/mol. The van der Waals surface area contributed by atoms with Crippen molar-refractivity contribution in [3.8, 4) is 22.5 Å². The van der Waals surface area contributed by atoms with Crippen molar-refractivity contribution in [2.45, 2.75) is 104 Å². The van der Waals surface area contributed by atoms with Gasteiger partial charge in [0.15, 0.2) is 0 Å². The predicted octanol–water partition coefficient (Wildman–Crippen LogP) is 16.5. The third-order valence-corrected chi connectivity index (χ3v) is 14.2. The van der Waals surface area contributed by atoms with Crippen molar-refractivity contribution in [2.24, 2.45) is 0 Å². The third kappa shape index (κ3) is 7.31. The summed E-state index contributed by atoms with van der Waals surface area (Å²) < 4.78 is 7.65. The lowest BCUT2D eigenvalue weighted by atomic mass is 9.95. The lowest BCUT2D eigenvalue weighted by Crippen LogP contribution is -2.15. The number of thiophene rings is 1. The van der Waals surface area contributed by atoms with Gasteiger partial charge in [-0.2, -0.15) is 0 Å². The zero-order valence-corrected chi connectivity index (χ0v) is 37.0. The van der Waals surface area contributed by atoms with Crippen LogP contribution in [0.25, 0.3) is 86.3 Å². The van der Waals surface area contributed by atoms with E-state index < -0.39 is 0 Å². The molecule has 0 fully saturated rings. The highest BCUT2D eigenvalue weighted by atomic mass is 32.1. The molecule has 0 bridgehead atoms. The molecule has 306 valence electrons. The van der Waals surface area contributed by atoms with Gasteiger partial charge in [0.05, 0.1) is 22.1 Å².